The van der Waals surface area contributed by atoms with E-state index in [4.69, 9.17) is 25.9 Å². The Balaban J connectivity index is 1.60. The van der Waals surface area contributed by atoms with Gasteiger partial charge >= 0.3 is 11.9 Å². The molecule has 4 aromatic rings. The lowest BCUT2D eigenvalue weighted by Crippen LogP contribution is -2.35. The van der Waals surface area contributed by atoms with E-state index in [1.165, 1.54) is 0 Å². The summed E-state index contributed by atoms with van der Waals surface area (Å²) in [7, 11) is 3.11. The average Bonchev–Trinajstić information content (AvgIpc) is 3.58. The van der Waals surface area contributed by atoms with Crippen molar-refractivity contribution in [2.75, 3.05) is 14.2 Å². The zero-order valence-electron chi connectivity index (χ0n) is 21.3. The molecule has 5 rings (SSSR count). The summed E-state index contributed by atoms with van der Waals surface area (Å²) >= 11 is 6.20. The third-order valence-corrected chi connectivity index (χ3v) is 7.21. The van der Waals surface area contributed by atoms with Crippen molar-refractivity contribution < 1.29 is 23.9 Å². The highest BCUT2D eigenvalue weighted by Gasteiger charge is 2.38. The molecule has 1 saturated carbocycles. The third kappa shape index (κ3) is 4.65. The molecule has 1 aliphatic carbocycles. The van der Waals surface area contributed by atoms with Gasteiger partial charge in [-0.3, -0.25) is 9.78 Å². The molecule has 38 heavy (non-hydrogen) atoms. The predicted octanol–water partition coefficient (Wildman–Crippen LogP) is 5.53. The molecule has 9 nitrogen and oxygen atoms in total. The van der Waals surface area contributed by atoms with Crippen molar-refractivity contribution in [3.8, 4) is 28.4 Å². The molecule has 1 amide bonds. The Morgan fingerprint density at radius 1 is 1.03 bits per heavy atom. The second-order valence-electron chi connectivity index (χ2n) is 9.44. The van der Waals surface area contributed by atoms with Crippen molar-refractivity contribution in [3.05, 3.63) is 65.4 Å². The summed E-state index contributed by atoms with van der Waals surface area (Å²) in [6, 6.07) is 14.1. The monoisotopic (exact) mass is 534 g/mol. The van der Waals surface area contributed by atoms with Crippen LogP contribution in [0.4, 0.5) is 0 Å². The molecule has 2 heterocycles. The van der Waals surface area contributed by atoms with E-state index >= 15 is 0 Å². The molecular formula is C28H27ClN4O5. The Morgan fingerprint density at radius 3 is 2.42 bits per heavy atom. The van der Waals surface area contributed by atoms with Gasteiger partial charge in [0.05, 0.1) is 42.1 Å². The fourth-order valence-corrected chi connectivity index (χ4v) is 5.04. The van der Waals surface area contributed by atoms with E-state index in [2.05, 4.69) is 15.6 Å². The summed E-state index contributed by atoms with van der Waals surface area (Å²) in [6.07, 6.45) is 5.02. The summed E-state index contributed by atoms with van der Waals surface area (Å²) in [5.41, 5.74) is 4.17. The van der Waals surface area contributed by atoms with Gasteiger partial charge in [0.25, 0.3) is 0 Å². The van der Waals surface area contributed by atoms with Crippen LogP contribution in [0, 0.1) is 5.41 Å². The van der Waals surface area contributed by atoms with E-state index in [0.717, 1.165) is 31.1 Å². The van der Waals surface area contributed by atoms with Crippen LogP contribution in [0.3, 0.4) is 0 Å². The van der Waals surface area contributed by atoms with Gasteiger partial charge in [0.15, 0.2) is 5.69 Å². The number of halogens is 1. The van der Waals surface area contributed by atoms with Gasteiger partial charge in [-0.15, -0.1) is 0 Å². The first-order valence-corrected chi connectivity index (χ1v) is 12.6. The molecule has 0 spiro atoms. The summed E-state index contributed by atoms with van der Waals surface area (Å²) in [6.45, 7) is 1.86. The van der Waals surface area contributed by atoms with Crippen LogP contribution in [0.5, 0.6) is 11.5 Å². The number of benzene rings is 2. The highest BCUT2D eigenvalue weighted by atomic mass is 35.5. The summed E-state index contributed by atoms with van der Waals surface area (Å²) in [5, 5.41) is 5.93. The van der Waals surface area contributed by atoms with Crippen LogP contribution < -0.4 is 15.0 Å². The molecule has 0 atom stereocenters. The van der Waals surface area contributed by atoms with Crippen LogP contribution in [-0.4, -0.2) is 40.9 Å². The molecule has 0 radical (unpaired) electrons. The van der Waals surface area contributed by atoms with Gasteiger partial charge < -0.3 is 14.3 Å². The van der Waals surface area contributed by atoms with Gasteiger partial charge in [0.1, 0.15) is 11.5 Å². The number of rotatable bonds is 6. The zero-order valence-corrected chi connectivity index (χ0v) is 22.0. The number of fused-ring (bicyclic) bond motifs is 1. The van der Waals surface area contributed by atoms with Crippen molar-refractivity contribution in [2.24, 2.45) is 5.41 Å². The third-order valence-electron chi connectivity index (χ3n) is 6.97. The maximum atomic E-state index is 13.2. The number of carbonyl (C=O) groups excluding carboxylic acids is 2. The average molecular weight is 535 g/mol. The van der Waals surface area contributed by atoms with E-state index in [0.29, 0.717) is 39.0 Å². The minimum atomic E-state index is -0.657. The molecule has 1 N–H and O–H groups in total. The Kier molecular flexibility index (Phi) is 6.94. The fraction of sp³-hybridized carbons (Fsp3) is 0.286. The number of hydroxylamine groups is 1. The summed E-state index contributed by atoms with van der Waals surface area (Å²) in [5.74, 6) is -0.0551. The number of amides is 1. The van der Waals surface area contributed by atoms with Gasteiger partial charge in [0.2, 0.25) is 0 Å². The van der Waals surface area contributed by atoms with Crippen molar-refractivity contribution in [1.82, 2.24) is 20.2 Å². The van der Waals surface area contributed by atoms with E-state index in [1.807, 2.05) is 19.1 Å². The molecule has 0 saturated heterocycles. The minimum Gasteiger partial charge on any atom is -0.496 e. The number of nitrogens with one attached hydrogen (secondary N) is 1. The Bertz CT molecular complexity index is 1500. The van der Waals surface area contributed by atoms with Gasteiger partial charge in [0, 0.05) is 16.6 Å². The van der Waals surface area contributed by atoms with Gasteiger partial charge in [-0.2, -0.15) is 10.6 Å². The van der Waals surface area contributed by atoms with Crippen LogP contribution in [0.1, 0.15) is 43.1 Å². The molecule has 2 aromatic heterocycles. The summed E-state index contributed by atoms with van der Waals surface area (Å²) in [4.78, 5) is 35.4. The van der Waals surface area contributed by atoms with Crippen molar-refractivity contribution in [2.45, 2.75) is 32.6 Å². The smallest absolute Gasteiger partial charge is 0.338 e. The Morgan fingerprint density at radius 2 is 1.74 bits per heavy atom. The maximum Gasteiger partial charge on any atom is 0.338 e. The lowest BCUT2D eigenvalue weighted by atomic mass is 9.89. The van der Waals surface area contributed by atoms with Gasteiger partial charge in [-0.1, -0.05) is 30.5 Å². The first-order chi connectivity index (χ1) is 18.3. The van der Waals surface area contributed by atoms with E-state index in [9.17, 15) is 9.59 Å². The largest absolute Gasteiger partial charge is 0.496 e. The second-order valence-corrected chi connectivity index (χ2v) is 9.88. The van der Waals surface area contributed by atoms with Crippen molar-refractivity contribution in [3.63, 3.8) is 0 Å². The zero-order chi connectivity index (χ0) is 26.9. The molecule has 10 heteroatoms. The highest BCUT2D eigenvalue weighted by Crippen LogP contribution is 2.41. The fourth-order valence-electron chi connectivity index (χ4n) is 4.88. The second kappa shape index (κ2) is 10.3. The van der Waals surface area contributed by atoms with Crippen LogP contribution >= 0.6 is 11.6 Å². The number of ether oxygens (including phenoxy) is 2. The van der Waals surface area contributed by atoms with Crippen molar-refractivity contribution in [1.29, 1.82) is 0 Å². The molecular weight excluding hydrogens is 508 g/mol. The SMILES string of the molecule is COc1cccc(OC)c1-c1cc(C(=O)NOC(=O)C2(C)CCCC2)nn1-c1ccnc2cc(Cl)ccc12. The van der Waals surface area contributed by atoms with Crippen LogP contribution in [0.25, 0.3) is 27.8 Å². The lowest BCUT2D eigenvalue weighted by molar-refractivity contribution is -0.160. The first-order valence-electron chi connectivity index (χ1n) is 12.2. The van der Waals surface area contributed by atoms with E-state index in [-0.39, 0.29) is 5.69 Å². The number of carbonyl (C=O) groups is 2. The Labute approximate surface area is 224 Å². The lowest BCUT2D eigenvalue weighted by Gasteiger charge is -2.20. The molecule has 0 aliphatic heterocycles. The molecule has 196 valence electrons. The quantitative estimate of drug-likeness (QED) is 0.324. The van der Waals surface area contributed by atoms with Crippen molar-refractivity contribution >= 4 is 34.4 Å². The number of hydrogen-bond donors (Lipinski definition) is 1. The highest BCUT2D eigenvalue weighted by molar-refractivity contribution is 6.31. The van der Waals surface area contributed by atoms with E-state index in [1.54, 1.807) is 61.5 Å². The van der Waals surface area contributed by atoms with E-state index < -0.39 is 17.3 Å². The molecule has 2 aromatic carbocycles. The first kappa shape index (κ1) is 25.5. The van der Waals surface area contributed by atoms with Crippen LogP contribution in [0.15, 0.2) is 54.7 Å². The van der Waals surface area contributed by atoms with Gasteiger partial charge in [-0.05, 0) is 62.2 Å². The standard InChI is InChI=1S/C28H27ClN4O5/c1-28(12-4-5-13-28)27(35)38-32-26(34)20-16-22(25-23(36-2)7-6-8-24(25)37-3)33(31-20)21-11-14-30-19-15-17(29)9-10-18(19)21/h6-11,14-16H,4-5,12-13H2,1-3H3,(H,32,34). The maximum absolute atomic E-state index is 13.2. The number of pyridine rings is 1. The normalized spacial score (nSPS) is 14.3. The predicted molar refractivity (Wildman–Crippen MR) is 143 cm³/mol. The van der Waals surface area contributed by atoms with Crippen LogP contribution in [-0.2, 0) is 9.63 Å². The Hall–Kier alpha value is -4.11. The number of nitrogens with zero attached hydrogens (tertiary/aromatic N) is 3. The topological polar surface area (TPSA) is 105 Å². The minimum absolute atomic E-state index is 0.0382. The number of hydrogen-bond acceptors (Lipinski definition) is 7. The van der Waals surface area contributed by atoms with Gasteiger partial charge in [-0.25, -0.2) is 9.48 Å². The molecule has 0 unspecified atom stereocenters. The molecule has 1 fully saturated rings. The summed E-state index contributed by atoms with van der Waals surface area (Å²) < 4.78 is 12.9. The number of methoxy groups -OCH3 is 2. The van der Waals surface area contributed by atoms with Crippen LogP contribution in [0.2, 0.25) is 5.02 Å². The molecule has 0 bridgehead atoms. The number of aromatic nitrogens is 3. The molecule has 1 aliphatic rings.